The minimum absolute atomic E-state index is 0.218. The lowest BCUT2D eigenvalue weighted by molar-refractivity contribution is -0.122. The highest BCUT2D eigenvalue weighted by Gasteiger charge is 2.22. The van der Waals surface area contributed by atoms with Crippen molar-refractivity contribution in [1.29, 1.82) is 0 Å². The molecule has 0 saturated heterocycles. The van der Waals surface area contributed by atoms with Crippen molar-refractivity contribution in [2.45, 2.75) is 12.5 Å². The van der Waals surface area contributed by atoms with Crippen molar-refractivity contribution in [3.63, 3.8) is 0 Å². The second-order valence-electron chi connectivity index (χ2n) is 5.57. The van der Waals surface area contributed by atoms with E-state index in [4.69, 9.17) is 0 Å². The van der Waals surface area contributed by atoms with E-state index < -0.39 is 6.04 Å². The third-order valence-corrected chi connectivity index (χ3v) is 4.00. The largest absolute Gasteiger partial charge is 0.361 e. The minimum Gasteiger partial charge on any atom is -0.361 e. The van der Waals surface area contributed by atoms with Gasteiger partial charge in [0, 0.05) is 36.1 Å². The molecule has 0 radical (unpaired) electrons. The van der Waals surface area contributed by atoms with Gasteiger partial charge in [0.1, 0.15) is 6.04 Å². The Balaban J connectivity index is 1.82. The first-order valence-electron chi connectivity index (χ1n) is 7.81. The highest BCUT2D eigenvalue weighted by atomic mass is 16.2. The van der Waals surface area contributed by atoms with Crippen LogP contribution in [0.3, 0.4) is 0 Å². The van der Waals surface area contributed by atoms with Crippen molar-refractivity contribution in [2.24, 2.45) is 0 Å². The Labute approximate surface area is 140 Å². The van der Waals surface area contributed by atoms with Crippen molar-refractivity contribution in [3.05, 3.63) is 71.9 Å². The molecule has 24 heavy (non-hydrogen) atoms. The number of hydrogen-bond donors (Lipinski definition) is 3. The van der Waals surface area contributed by atoms with E-state index in [1.54, 1.807) is 31.3 Å². The van der Waals surface area contributed by atoms with Crippen molar-refractivity contribution < 1.29 is 9.59 Å². The number of aromatic nitrogens is 1. The van der Waals surface area contributed by atoms with Gasteiger partial charge in [0.25, 0.3) is 5.91 Å². The number of benzene rings is 2. The first kappa shape index (κ1) is 15.8. The van der Waals surface area contributed by atoms with Crippen molar-refractivity contribution >= 4 is 22.7 Å². The topological polar surface area (TPSA) is 74.0 Å². The molecule has 1 heterocycles. The van der Waals surface area contributed by atoms with Crippen LogP contribution in [0.5, 0.6) is 0 Å². The van der Waals surface area contributed by atoms with Crippen LogP contribution in [0.4, 0.5) is 0 Å². The first-order chi connectivity index (χ1) is 11.7. The normalized spacial score (nSPS) is 11.9. The number of carbonyl (C=O) groups excluding carboxylic acids is 2. The number of hydrogen-bond acceptors (Lipinski definition) is 2. The van der Waals surface area contributed by atoms with E-state index in [9.17, 15) is 9.59 Å². The molecule has 3 N–H and O–H groups in total. The SMILES string of the molecule is CNC(=O)C(Cc1c[nH]c2ccccc12)NC(=O)c1ccccc1. The van der Waals surface area contributed by atoms with Gasteiger partial charge in [-0.05, 0) is 23.8 Å². The van der Waals surface area contributed by atoms with E-state index in [1.807, 2.05) is 36.5 Å². The number of rotatable bonds is 5. The van der Waals surface area contributed by atoms with E-state index in [2.05, 4.69) is 15.6 Å². The highest BCUT2D eigenvalue weighted by molar-refractivity contribution is 5.97. The van der Waals surface area contributed by atoms with E-state index in [0.29, 0.717) is 12.0 Å². The van der Waals surface area contributed by atoms with Gasteiger partial charge in [-0.2, -0.15) is 0 Å². The maximum absolute atomic E-state index is 12.4. The molecule has 0 fully saturated rings. The standard InChI is InChI=1S/C19H19N3O2/c1-20-19(24)17(22-18(23)13-7-3-2-4-8-13)11-14-12-21-16-10-6-5-9-15(14)16/h2-10,12,17,21H,11H2,1H3,(H,20,24)(H,22,23). The second kappa shape index (κ2) is 7.00. The summed E-state index contributed by atoms with van der Waals surface area (Å²) >= 11 is 0. The Hall–Kier alpha value is -3.08. The summed E-state index contributed by atoms with van der Waals surface area (Å²) in [7, 11) is 1.57. The van der Waals surface area contributed by atoms with E-state index in [1.165, 1.54) is 0 Å². The van der Waals surface area contributed by atoms with Crippen molar-refractivity contribution in [1.82, 2.24) is 15.6 Å². The molecule has 0 bridgehead atoms. The van der Waals surface area contributed by atoms with Crippen LogP contribution in [-0.2, 0) is 11.2 Å². The third-order valence-electron chi connectivity index (χ3n) is 4.00. The summed E-state index contributed by atoms with van der Waals surface area (Å²) in [6.45, 7) is 0. The molecule has 1 aromatic heterocycles. The maximum atomic E-state index is 12.4. The zero-order chi connectivity index (χ0) is 16.9. The van der Waals surface area contributed by atoms with Gasteiger partial charge in [0.2, 0.25) is 5.91 Å². The average Bonchev–Trinajstić information content (AvgIpc) is 3.04. The number of amides is 2. The van der Waals surface area contributed by atoms with Gasteiger partial charge in [-0.1, -0.05) is 36.4 Å². The van der Waals surface area contributed by atoms with Crippen LogP contribution in [0.1, 0.15) is 15.9 Å². The molecule has 3 rings (SSSR count). The molecule has 5 heteroatoms. The lowest BCUT2D eigenvalue weighted by Crippen LogP contribution is -2.47. The van der Waals surface area contributed by atoms with Gasteiger partial charge >= 0.3 is 0 Å². The van der Waals surface area contributed by atoms with Crippen molar-refractivity contribution in [2.75, 3.05) is 7.05 Å². The molecule has 0 saturated carbocycles. The van der Waals surface area contributed by atoms with Crippen LogP contribution < -0.4 is 10.6 Å². The number of H-pyrrole nitrogens is 1. The van der Waals surface area contributed by atoms with Crippen LogP contribution in [0, 0.1) is 0 Å². The molecule has 1 unspecified atom stereocenters. The van der Waals surface area contributed by atoms with E-state index >= 15 is 0 Å². The molecule has 1 atom stereocenters. The van der Waals surface area contributed by atoms with Crippen LogP contribution in [0.25, 0.3) is 10.9 Å². The minimum atomic E-state index is -0.637. The summed E-state index contributed by atoms with van der Waals surface area (Å²) in [5.74, 6) is -0.478. The molecular formula is C19H19N3O2. The molecule has 2 aromatic carbocycles. The van der Waals surface area contributed by atoms with Gasteiger partial charge in [-0.15, -0.1) is 0 Å². The van der Waals surface area contributed by atoms with Crippen molar-refractivity contribution in [3.8, 4) is 0 Å². The van der Waals surface area contributed by atoms with Crippen LogP contribution in [0.15, 0.2) is 60.8 Å². The van der Waals surface area contributed by atoms with Crippen LogP contribution in [-0.4, -0.2) is 29.9 Å². The number of aromatic amines is 1. The molecule has 0 aliphatic rings. The predicted octanol–water partition coefficient (Wildman–Crippen LogP) is 2.25. The zero-order valence-corrected chi connectivity index (χ0v) is 13.4. The monoisotopic (exact) mass is 321 g/mol. The van der Waals surface area contributed by atoms with Gasteiger partial charge in [-0.3, -0.25) is 9.59 Å². The summed E-state index contributed by atoms with van der Waals surface area (Å²) in [6, 6.07) is 16.1. The maximum Gasteiger partial charge on any atom is 0.251 e. The zero-order valence-electron chi connectivity index (χ0n) is 13.4. The van der Waals surface area contributed by atoms with Gasteiger partial charge in [0.05, 0.1) is 0 Å². The smallest absolute Gasteiger partial charge is 0.251 e. The molecule has 0 aliphatic carbocycles. The van der Waals surface area contributed by atoms with Gasteiger partial charge in [0.15, 0.2) is 0 Å². The molecule has 5 nitrogen and oxygen atoms in total. The summed E-state index contributed by atoms with van der Waals surface area (Å²) in [4.78, 5) is 27.8. The molecular weight excluding hydrogens is 302 g/mol. The lowest BCUT2D eigenvalue weighted by atomic mass is 10.0. The number of likely N-dealkylation sites (N-methyl/N-ethyl adjacent to an activating group) is 1. The summed E-state index contributed by atoms with van der Waals surface area (Å²) < 4.78 is 0. The Morgan fingerprint density at radius 3 is 2.50 bits per heavy atom. The molecule has 0 aliphatic heterocycles. The number of para-hydroxylation sites is 1. The predicted molar refractivity (Wildman–Crippen MR) is 93.8 cm³/mol. The number of fused-ring (bicyclic) bond motifs is 1. The fraction of sp³-hybridized carbons (Fsp3) is 0.158. The Morgan fingerprint density at radius 2 is 1.75 bits per heavy atom. The Kier molecular flexibility index (Phi) is 4.61. The highest BCUT2D eigenvalue weighted by Crippen LogP contribution is 2.19. The summed E-state index contributed by atoms with van der Waals surface area (Å²) in [5.41, 5.74) is 2.54. The van der Waals surface area contributed by atoms with Crippen LogP contribution in [0.2, 0.25) is 0 Å². The third kappa shape index (κ3) is 3.30. The molecule has 0 spiro atoms. The first-order valence-corrected chi connectivity index (χ1v) is 7.81. The van der Waals surface area contributed by atoms with Gasteiger partial charge in [-0.25, -0.2) is 0 Å². The fourth-order valence-electron chi connectivity index (χ4n) is 2.74. The second-order valence-corrected chi connectivity index (χ2v) is 5.57. The van der Waals surface area contributed by atoms with Crippen LogP contribution >= 0.6 is 0 Å². The lowest BCUT2D eigenvalue weighted by Gasteiger charge is -2.17. The van der Waals surface area contributed by atoms with Gasteiger partial charge < -0.3 is 15.6 Å². The number of carbonyl (C=O) groups is 2. The summed E-state index contributed by atoms with van der Waals surface area (Å²) in [6.07, 6.45) is 2.30. The van der Waals surface area contributed by atoms with E-state index in [0.717, 1.165) is 16.5 Å². The quantitative estimate of drug-likeness (QED) is 0.674. The molecule has 122 valence electrons. The summed E-state index contributed by atoms with van der Waals surface area (Å²) in [5, 5.41) is 6.50. The fourth-order valence-corrected chi connectivity index (χ4v) is 2.74. The Bertz CT molecular complexity index is 855. The van der Waals surface area contributed by atoms with E-state index in [-0.39, 0.29) is 11.8 Å². The number of nitrogens with one attached hydrogen (secondary N) is 3. The molecule has 2 amide bonds. The molecule has 3 aromatic rings. The average molecular weight is 321 g/mol. The Morgan fingerprint density at radius 1 is 1.04 bits per heavy atom.